The maximum atomic E-state index is 13.2. The van der Waals surface area contributed by atoms with Crippen molar-refractivity contribution in [1.29, 1.82) is 0 Å². The molecule has 0 unspecified atom stereocenters. The van der Waals surface area contributed by atoms with Gasteiger partial charge in [-0.2, -0.15) is 0 Å². The molecule has 178 valence electrons. The van der Waals surface area contributed by atoms with Gasteiger partial charge in [-0.3, -0.25) is 14.9 Å². The van der Waals surface area contributed by atoms with Gasteiger partial charge in [0.05, 0.1) is 19.4 Å². The van der Waals surface area contributed by atoms with Crippen molar-refractivity contribution in [1.82, 2.24) is 5.32 Å². The second-order valence-electron chi connectivity index (χ2n) is 7.72. The average molecular weight is 491 g/mol. The minimum Gasteiger partial charge on any atom is -0.497 e. The number of urea groups is 1. The number of hydrogen-bond acceptors (Lipinski definition) is 5. The number of ether oxygens (including phenoxy) is 2. The SMILES string of the molecule is CCOc1cc(/C=C2\C(=O)NC(=O)N(c3ccc(OC)cc3)C2=O)ccc1Cc1ccccc1Cl. The molecule has 4 amide bonds. The molecule has 1 aliphatic heterocycles. The van der Waals surface area contributed by atoms with E-state index in [2.05, 4.69) is 5.32 Å². The summed E-state index contributed by atoms with van der Waals surface area (Å²) in [5.41, 5.74) is 2.60. The van der Waals surface area contributed by atoms with Gasteiger partial charge in [0.1, 0.15) is 17.1 Å². The molecule has 3 aromatic carbocycles. The minimum absolute atomic E-state index is 0.165. The summed E-state index contributed by atoms with van der Waals surface area (Å²) in [5, 5.41) is 2.89. The van der Waals surface area contributed by atoms with Crippen LogP contribution >= 0.6 is 11.6 Å². The van der Waals surface area contributed by atoms with Crippen molar-refractivity contribution in [2.24, 2.45) is 0 Å². The summed E-state index contributed by atoms with van der Waals surface area (Å²) in [6.07, 6.45) is 2.01. The number of benzene rings is 3. The van der Waals surface area contributed by atoms with Crippen molar-refractivity contribution in [2.45, 2.75) is 13.3 Å². The Morgan fingerprint density at radius 2 is 1.71 bits per heavy atom. The van der Waals surface area contributed by atoms with Crippen molar-refractivity contribution in [3.63, 3.8) is 0 Å². The van der Waals surface area contributed by atoms with Crippen LogP contribution in [-0.2, 0) is 16.0 Å². The fraction of sp³-hybridized carbons (Fsp3) is 0.148. The fourth-order valence-corrected chi connectivity index (χ4v) is 3.94. The molecule has 0 bridgehead atoms. The molecule has 4 rings (SSSR count). The molecule has 7 nitrogen and oxygen atoms in total. The summed E-state index contributed by atoms with van der Waals surface area (Å²) in [6, 6.07) is 18.6. The van der Waals surface area contributed by atoms with Crippen molar-refractivity contribution in [2.75, 3.05) is 18.6 Å². The number of nitrogens with zero attached hydrogens (tertiary/aromatic N) is 1. The van der Waals surface area contributed by atoms with Crippen LogP contribution in [0.15, 0.2) is 72.3 Å². The van der Waals surface area contributed by atoms with Crippen LogP contribution in [0.4, 0.5) is 10.5 Å². The van der Waals surface area contributed by atoms with E-state index in [9.17, 15) is 14.4 Å². The Morgan fingerprint density at radius 3 is 2.40 bits per heavy atom. The van der Waals surface area contributed by atoms with E-state index < -0.39 is 17.8 Å². The quantitative estimate of drug-likeness (QED) is 0.372. The maximum Gasteiger partial charge on any atom is 0.335 e. The third-order valence-electron chi connectivity index (χ3n) is 5.47. The van der Waals surface area contributed by atoms with Crippen LogP contribution < -0.4 is 19.7 Å². The van der Waals surface area contributed by atoms with E-state index in [0.29, 0.717) is 40.8 Å². The molecule has 1 N–H and O–H groups in total. The number of hydrogen-bond donors (Lipinski definition) is 1. The van der Waals surface area contributed by atoms with E-state index in [1.165, 1.54) is 13.2 Å². The van der Waals surface area contributed by atoms with Gasteiger partial charge in [-0.25, -0.2) is 9.69 Å². The molecule has 1 heterocycles. The van der Waals surface area contributed by atoms with Crippen LogP contribution in [-0.4, -0.2) is 31.6 Å². The summed E-state index contributed by atoms with van der Waals surface area (Å²) in [6.45, 7) is 2.32. The van der Waals surface area contributed by atoms with Gasteiger partial charge >= 0.3 is 6.03 Å². The first kappa shape index (κ1) is 24.0. The predicted molar refractivity (Wildman–Crippen MR) is 134 cm³/mol. The molecule has 1 aliphatic rings. The molecule has 0 atom stereocenters. The van der Waals surface area contributed by atoms with Gasteiger partial charge < -0.3 is 9.47 Å². The topological polar surface area (TPSA) is 84.9 Å². The number of barbiturate groups is 1. The van der Waals surface area contributed by atoms with Crippen LogP contribution in [0, 0.1) is 0 Å². The molecular weight excluding hydrogens is 468 g/mol. The third kappa shape index (κ3) is 5.20. The van der Waals surface area contributed by atoms with Gasteiger partial charge in [0, 0.05) is 11.4 Å². The Hall–Kier alpha value is -4.10. The van der Waals surface area contributed by atoms with Crippen LogP contribution in [0.25, 0.3) is 6.08 Å². The monoisotopic (exact) mass is 490 g/mol. The first-order valence-electron chi connectivity index (χ1n) is 11.0. The van der Waals surface area contributed by atoms with Gasteiger partial charge in [0.15, 0.2) is 0 Å². The highest BCUT2D eigenvalue weighted by Crippen LogP contribution is 2.29. The lowest BCUT2D eigenvalue weighted by atomic mass is 10.0. The first-order valence-corrected chi connectivity index (χ1v) is 11.3. The van der Waals surface area contributed by atoms with E-state index in [1.54, 1.807) is 36.4 Å². The largest absolute Gasteiger partial charge is 0.497 e. The third-order valence-corrected chi connectivity index (χ3v) is 5.84. The van der Waals surface area contributed by atoms with Crippen LogP contribution in [0.2, 0.25) is 5.02 Å². The van der Waals surface area contributed by atoms with Gasteiger partial charge in [0.25, 0.3) is 11.8 Å². The van der Waals surface area contributed by atoms with E-state index in [-0.39, 0.29) is 5.57 Å². The van der Waals surface area contributed by atoms with E-state index in [0.717, 1.165) is 16.0 Å². The zero-order valence-electron chi connectivity index (χ0n) is 19.2. The first-order chi connectivity index (χ1) is 16.9. The Balaban J connectivity index is 1.66. The maximum absolute atomic E-state index is 13.2. The number of rotatable bonds is 7. The molecule has 0 saturated carbocycles. The standard InChI is InChI=1S/C27H23ClN2O5/c1-3-35-24-15-17(8-9-19(24)16-18-6-4-5-7-23(18)28)14-22-25(31)29-27(33)30(26(22)32)20-10-12-21(34-2)13-11-20/h4-15H,3,16H2,1-2H3,(H,29,31,33)/b22-14+. The van der Waals surface area contributed by atoms with Gasteiger partial charge in [-0.1, -0.05) is 41.9 Å². The fourth-order valence-electron chi connectivity index (χ4n) is 3.73. The molecule has 1 fully saturated rings. The summed E-state index contributed by atoms with van der Waals surface area (Å²) in [5.74, 6) is -0.288. The Bertz CT molecular complexity index is 1320. The lowest BCUT2D eigenvalue weighted by Crippen LogP contribution is -2.54. The molecular formula is C27H23ClN2O5. The predicted octanol–water partition coefficient (Wildman–Crippen LogP) is 5.00. The highest BCUT2D eigenvalue weighted by molar-refractivity contribution is 6.39. The number of halogens is 1. The van der Waals surface area contributed by atoms with E-state index in [4.69, 9.17) is 21.1 Å². The Kier molecular flexibility index (Phi) is 7.17. The van der Waals surface area contributed by atoms with E-state index >= 15 is 0 Å². The summed E-state index contributed by atoms with van der Waals surface area (Å²) in [4.78, 5) is 39.1. The average Bonchev–Trinajstić information content (AvgIpc) is 2.85. The molecule has 1 saturated heterocycles. The highest BCUT2D eigenvalue weighted by Gasteiger charge is 2.36. The second-order valence-corrected chi connectivity index (χ2v) is 8.13. The van der Waals surface area contributed by atoms with Gasteiger partial charge in [0.2, 0.25) is 0 Å². The summed E-state index contributed by atoms with van der Waals surface area (Å²) >= 11 is 6.32. The smallest absolute Gasteiger partial charge is 0.335 e. The lowest BCUT2D eigenvalue weighted by Gasteiger charge is -2.26. The molecule has 0 aromatic heterocycles. The lowest BCUT2D eigenvalue weighted by molar-refractivity contribution is -0.122. The van der Waals surface area contributed by atoms with Crippen LogP contribution in [0.1, 0.15) is 23.6 Å². The van der Waals surface area contributed by atoms with Gasteiger partial charge in [-0.05, 0) is 66.1 Å². The number of anilines is 1. The Morgan fingerprint density at radius 1 is 0.971 bits per heavy atom. The van der Waals surface area contributed by atoms with Crippen LogP contribution in [0.3, 0.4) is 0 Å². The number of carbonyl (C=O) groups excluding carboxylic acids is 3. The van der Waals surface area contributed by atoms with Gasteiger partial charge in [-0.15, -0.1) is 0 Å². The van der Waals surface area contributed by atoms with Crippen LogP contribution in [0.5, 0.6) is 11.5 Å². The van der Waals surface area contributed by atoms with Crippen molar-refractivity contribution in [3.05, 3.63) is 94.0 Å². The van der Waals surface area contributed by atoms with Crippen molar-refractivity contribution >= 4 is 41.2 Å². The molecule has 0 spiro atoms. The zero-order valence-corrected chi connectivity index (χ0v) is 20.0. The molecule has 0 aliphatic carbocycles. The molecule has 0 radical (unpaired) electrons. The minimum atomic E-state index is -0.813. The normalized spacial score (nSPS) is 14.8. The second kappa shape index (κ2) is 10.4. The number of carbonyl (C=O) groups is 3. The summed E-state index contributed by atoms with van der Waals surface area (Å²) < 4.78 is 11.0. The Labute approximate surface area is 207 Å². The zero-order chi connectivity index (χ0) is 24.9. The molecule has 3 aromatic rings. The number of methoxy groups -OCH3 is 1. The highest BCUT2D eigenvalue weighted by atomic mass is 35.5. The molecule has 8 heteroatoms. The number of nitrogens with one attached hydrogen (secondary N) is 1. The number of imide groups is 2. The van der Waals surface area contributed by atoms with E-state index in [1.807, 2.05) is 37.3 Å². The summed E-state index contributed by atoms with van der Waals surface area (Å²) in [7, 11) is 1.52. The van der Waals surface area contributed by atoms with Crippen molar-refractivity contribution in [3.8, 4) is 11.5 Å². The molecule has 35 heavy (non-hydrogen) atoms. The van der Waals surface area contributed by atoms with Crippen molar-refractivity contribution < 1.29 is 23.9 Å². The number of amides is 4.